The van der Waals surface area contributed by atoms with Crippen LogP contribution in [0.15, 0.2) is 53.7 Å². The zero-order valence-corrected chi connectivity index (χ0v) is 18.3. The Morgan fingerprint density at radius 3 is 2.77 bits per heavy atom. The highest BCUT2D eigenvalue weighted by molar-refractivity contribution is 8.00. The predicted octanol–water partition coefficient (Wildman–Crippen LogP) is 3.60. The molecule has 2 heterocycles. The molecular weight excluding hydrogens is 400 g/mol. The van der Waals surface area contributed by atoms with Gasteiger partial charge in [-0.15, -0.1) is 11.8 Å². The molecule has 1 saturated heterocycles. The van der Waals surface area contributed by atoms with Crippen molar-refractivity contribution in [3.8, 4) is 5.75 Å². The average molecular weight is 429 g/mol. The number of ether oxygens (including phenoxy) is 2. The summed E-state index contributed by atoms with van der Waals surface area (Å²) in [6, 6.07) is 11.5. The number of carbonyl (C=O) groups is 2. The molecule has 0 N–H and O–H groups in total. The molecule has 2 aromatic rings. The van der Waals surface area contributed by atoms with Gasteiger partial charge in [0.05, 0.1) is 24.9 Å². The maximum Gasteiger partial charge on any atom is 0.314 e. The number of amides is 1. The number of methoxy groups -OCH3 is 1. The van der Waals surface area contributed by atoms with Gasteiger partial charge in [0.2, 0.25) is 5.91 Å². The van der Waals surface area contributed by atoms with Crippen molar-refractivity contribution in [2.24, 2.45) is 5.41 Å². The topological polar surface area (TPSA) is 68.7 Å². The molecule has 0 saturated carbocycles. The van der Waals surface area contributed by atoms with Crippen molar-refractivity contribution in [2.45, 2.75) is 31.1 Å². The van der Waals surface area contributed by atoms with Gasteiger partial charge in [0.15, 0.2) is 0 Å². The first kappa shape index (κ1) is 22.2. The molecule has 7 heteroatoms. The fourth-order valence-corrected chi connectivity index (χ4v) is 4.64. The van der Waals surface area contributed by atoms with Crippen LogP contribution in [0.3, 0.4) is 0 Å². The third kappa shape index (κ3) is 5.53. The second kappa shape index (κ2) is 10.5. The number of piperidine rings is 1. The Balaban J connectivity index is 1.75. The first-order valence-electron chi connectivity index (χ1n) is 10.2. The lowest BCUT2D eigenvalue weighted by Crippen LogP contribution is -2.52. The van der Waals surface area contributed by atoms with E-state index in [1.807, 2.05) is 48.2 Å². The van der Waals surface area contributed by atoms with Gasteiger partial charge in [-0.25, -0.2) is 0 Å². The molecule has 1 aromatic heterocycles. The average Bonchev–Trinajstić information content (AvgIpc) is 2.78. The van der Waals surface area contributed by atoms with E-state index in [9.17, 15) is 9.59 Å². The Kier molecular flexibility index (Phi) is 7.74. The number of esters is 1. The molecule has 0 aliphatic carbocycles. The van der Waals surface area contributed by atoms with Crippen LogP contribution >= 0.6 is 11.8 Å². The van der Waals surface area contributed by atoms with Gasteiger partial charge in [-0.3, -0.25) is 14.6 Å². The van der Waals surface area contributed by atoms with Crippen LogP contribution in [0, 0.1) is 5.41 Å². The number of benzene rings is 1. The normalized spacial score (nSPS) is 18.7. The van der Waals surface area contributed by atoms with Crippen LogP contribution in [0.2, 0.25) is 0 Å². The van der Waals surface area contributed by atoms with Crippen LogP contribution < -0.4 is 4.74 Å². The number of carbonyl (C=O) groups excluding carboxylic acids is 2. The van der Waals surface area contributed by atoms with Gasteiger partial charge < -0.3 is 14.4 Å². The standard InChI is InChI=1S/C23H28N2O4S/c1-3-29-22(27)23(15-18-6-4-7-19(14-18)28-2)10-5-13-25(17-23)21(26)16-30-20-8-11-24-12-9-20/h4,6-9,11-12,14H,3,5,10,13,15-17H2,1-2H3/t23-/m0/s1. The number of likely N-dealkylation sites (tertiary alicyclic amines) is 1. The van der Waals surface area contributed by atoms with Gasteiger partial charge in [-0.05, 0) is 56.0 Å². The van der Waals surface area contributed by atoms with Gasteiger partial charge >= 0.3 is 5.97 Å². The molecule has 0 radical (unpaired) electrons. The van der Waals surface area contributed by atoms with Gasteiger partial charge in [-0.2, -0.15) is 0 Å². The number of pyridine rings is 1. The summed E-state index contributed by atoms with van der Waals surface area (Å²) in [6.45, 7) is 3.17. The Labute approximate surface area is 182 Å². The maximum atomic E-state index is 13.0. The largest absolute Gasteiger partial charge is 0.497 e. The number of nitrogens with zero attached hydrogens (tertiary/aromatic N) is 2. The Morgan fingerprint density at radius 2 is 2.03 bits per heavy atom. The van der Waals surface area contributed by atoms with E-state index in [4.69, 9.17) is 9.47 Å². The van der Waals surface area contributed by atoms with Crippen LogP contribution in [-0.4, -0.2) is 54.3 Å². The Bertz CT molecular complexity index is 861. The minimum atomic E-state index is -0.738. The van der Waals surface area contributed by atoms with Crippen LogP contribution in [0.4, 0.5) is 0 Å². The van der Waals surface area contributed by atoms with Gasteiger partial charge in [0.1, 0.15) is 5.75 Å². The molecule has 1 amide bonds. The molecule has 3 rings (SSSR count). The quantitative estimate of drug-likeness (QED) is 0.473. The molecule has 160 valence electrons. The van der Waals surface area contributed by atoms with Crippen LogP contribution in [0.1, 0.15) is 25.3 Å². The SMILES string of the molecule is CCOC(=O)[C@]1(Cc2cccc(OC)c2)CCCN(C(=O)CSc2ccncc2)C1. The fourth-order valence-electron chi connectivity index (χ4n) is 3.86. The fraction of sp³-hybridized carbons (Fsp3) is 0.435. The summed E-state index contributed by atoms with van der Waals surface area (Å²) < 4.78 is 10.8. The van der Waals surface area contributed by atoms with E-state index in [0.29, 0.717) is 38.3 Å². The zero-order valence-electron chi connectivity index (χ0n) is 17.5. The number of rotatable bonds is 8. The third-order valence-electron chi connectivity index (χ3n) is 5.33. The molecule has 30 heavy (non-hydrogen) atoms. The summed E-state index contributed by atoms with van der Waals surface area (Å²) in [4.78, 5) is 32.8. The summed E-state index contributed by atoms with van der Waals surface area (Å²) in [5, 5.41) is 0. The molecule has 0 bridgehead atoms. The molecule has 1 atom stereocenters. The monoisotopic (exact) mass is 428 g/mol. The molecular formula is C23H28N2O4S. The summed E-state index contributed by atoms with van der Waals surface area (Å²) in [5.74, 6) is 0.897. The van der Waals surface area contributed by atoms with Crippen LogP contribution in [0.5, 0.6) is 5.75 Å². The van der Waals surface area contributed by atoms with Crippen molar-refractivity contribution < 1.29 is 19.1 Å². The minimum absolute atomic E-state index is 0.0378. The molecule has 0 unspecified atom stereocenters. The Hall–Kier alpha value is -2.54. The summed E-state index contributed by atoms with van der Waals surface area (Å²) in [6.07, 6.45) is 5.42. The van der Waals surface area contributed by atoms with E-state index < -0.39 is 5.41 Å². The third-order valence-corrected chi connectivity index (χ3v) is 6.32. The maximum absolute atomic E-state index is 13.0. The van der Waals surface area contributed by atoms with Crippen LogP contribution in [-0.2, 0) is 20.7 Å². The summed E-state index contributed by atoms with van der Waals surface area (Å²) >= 11 is 1.49. The van der Waals surface area contributed by atoms with Crippen molar-refractivity contribution in [1.82, 2.24) is 9.88 Å². The van der Waals surface area contributed by atoms with E-state index in [-0.39, 0.29) is 11.9 Å². The molecule has 1 aliphatic rings. The molecule has 1 aromatic carbocycles. The number of thioether (sulfide) groups is 1. The van der Waals surface area contributed by atoms with E-state index in [0.717, 1.165) is 22.6 Å². The van der Waals surface area contributed by atoms with E-state index in [2.05, 4.69) is 4.98 Å². The Morgan fingerprint density at radius 1 is 1.23 bits per heavy atom. The number of hydrogen-bond acceptors (Lipinski definition) is 6. The smallest absolute Gasteiger partial charge is 0.314 e. The second-order valence-electron chi connectivity index (χ2n) is 7.42. The van der Waals surface area contributed by atoms with Crippen molar-refractivity contribution in [2.75, 3.05) is 32.6 Å². The molecule has 0 spiro atoms. The zero-order chi connectivity index (χ0) is 21.4. The lowest BCUT2D eigenvalue weighted by atomic mass is 9.75. The van der Waals surface area contributed by atoms with Crippen molar-refractivity contribution >= 4 is 23.6 Å². The predicted molar refractivity (Wildman–Crippen MR) is 117 cm³/mol. The second-order valence-corrected chi connectivity index (χ2v) is 8.47. The highest BCUT2D eigenvalue weighted by Crippen LogP contribution is 2.36. The number of aromatic nitrogens is 1. The van der Waals surface area contributed by atoms with E-state index in [1.54, 1.807) is 19.5 Å². The van der Waals surface area contributed by atoms with Crippen molar-refractivity contribution in [1.29, 1.82) is 0 Å². The molecule has 1 fully saturated rings. The van der Waals surface area contributed by atoms with Gasteiger partial charge in [0, 0.05) is 30.4 Å². The summed E-state index contributed by atoms with van der Waals surface area (Å²) in [7, 11) is 1.63. The molecule has 1 aliphatic heterocycles. The minimum Gasteiger partial charge on any atom is -0.497 e. The first-order chi connectivity index (χ1) is 14.6. The van der Waals surface area contributed by atoms with Crippen LogP contribution in [0.25, 0.3) is 0 Å². The first-order valence-corrected chi connectivity index (χ1v) is 11.2. The lowest BCUT2D eigenvalue weighted by molar-refractivity contribution is -0.160. The van der Waals surface area contributed by atoms with Gasteiger partial charge in [0.25, 0.3) is 0 Å². The highest BCUT2D eigenvalue weighted by Gasteiger charge is 2.44. The molecule has 6 nitrogen and oxygen atoms in total. The van der Waals surface area contributed by atoms with Crippen molar-refractivity contribution in [3.05, 3.63) is 54.4 Å². The van der Waals surface area contributed by atoms with Crippen molar-refractivity contribution in [3.63, 3.8) is 0 Å². The van der Waals surface area contributed by atoms with E-state index >= 15 is 0 Å². The highest BCUT2D eigenvalue weighted by atomic mass is 32.2. The number of hydrogen-bond donors (Lipinski definition) is 0. The van der Waals surface area contributed by atoms with E-state index in [1.165, 1.54) is 11.8 Å². The lowest BCUT2D eigenvalue weighted by Gasteiger charge is -2.41. The van der Waals surface area contributed by atoms with Gasteiger partial charge in [-0.1, -0.05) is 12.1 Å². The summed E-state index contributed by atoms with van der Waals surface area (Å²) in [5.41, 5.74) is 0.264.